The molecular formula is C15H22ClNO. The molecule has 100 valence electrons. The van der Waals surface area contributed by atoms with Crippen LogP contribution in [0.4, 0.5) is 5.69 Å². The van der Waals surface area contributed by atoms with Crippen LogP contribution in [0.15, 0.2) is 18.2 Å². The Morgan fingerprint density at radius 1 is 1.44 bits per heavy atom. The van der Waals surface area contributed by atoms with Crippen molar-refractivity contribution in [3.8, 4) is 0 Å². The molecule has 1 fully saturated rings. The third-order valence-electron chi connectivity index (χ3n) is 3.95. The van der Waals surface area contributed by atoms with Crippen LogP contribution in [0.5, 0.6) is 0 Å². The Balaban J connectivity index is 2.16. The van der Waals surface area contributed by atoms with Crippen molar-refractivity contribution < 1.29 is 4.74 Å². The maximum Gasteiger partial charge on any atom is 0.0772 e. The van der Waals surface area contributed by atoms with Gasteiger partial charge in [-0.25, -0.2) is 0 Å². The zero-order valence-electron chi connectivity index (χ0n) is 11.4. The van der Waals surface area contributed by atoms with Crippen molar-refractivity contribution in [2.45, 2.75) is 32.3 Å². The molecule has 0 saturated carbocycles. The summed E-state index contributed by atoms with van der Waals surface area (Å²) in [5.74, 6) is 1.23. The van der Waals surface area contributed by atoms with Crippen LogP contribution in [0, 0.1) is 12.8 Å². The summed E-state index contributed by atoms with van der Waals surface area (Å²) in [7, 11) is 1.81. The summed E-state index contributed by atoms with van der Waals surface area (Å²) in [6.45, 7) is 6.53. The number of piperidine rings is 1. The van der Waals surface area contributed by atoms with Gasteiger partial charge in [0.1, 0.15) is 0 Å². The number of hydrogen-bond acceptors (Lipinski definition) is 2. The average Bonchev–Trinajstić information content (AvgIpc) is 2.39. The topological polar surface area (TPSA) is 12.5 Å². The lowest BCUT2D eigenvalue weighted by molar-refractivity contribution is 0.0498. The van der Waals surface area contributed by atoms with Crippen LogP contribution in [-0.2, 0) is 10.6 Å². The van der Waals surface area contributed by atoms with Gasteiger partial charge in [-0.1, -0.05) is 19.1 Å². The first-order valence-electron chi connectivity index (χ1n) is 6.59. The van der Waals surface area contributed by atoms with Gasteiger partial charge in [0.2, 0.25) is 0 Å². The molecule has 1 aromatic carbocycles. The molecular weight excluding hydrogens is 246 g/mol. The zero-order valence-corrected chi connectivity index (χ0v) is 12.2. The standard InChI is InChI=1S/C15H22ClNO/c1-11-6-7-17(10-15(11)18-3)14-5-4-13(9-16)8-12(14)2/h4-5,8,11,15H,6-7,9-10H2,1-3H3. The quantitative estimate of drug-likeness (QED) is 0.776. The second-order valence-corrected chi connectivity index (χ2v) is 5.51. The highest BCUT2D eigenvalue weighted by molar-refractivity contribution is 6.17. The highest BCUT2D eigenvalue weighted by Gasteiger charge is 2.26. The van der Waals surface area contributed by atoms with Gasteiger partial charge in [-0.3, -0.25) is 0 Å². The predicted octanol–water partition coefficient (Wildman–Crippen LogP) is 3.60. The summed E-state index contributed by atoms with van der Waals surface area (Å²) in [5.41, 5.74) is 3.81. The molecule has 2 nitrogen and oxygen atoms in total. The number of nitrogens with zero attached hydrogens (tertiary/aromatic N) is 1. The van der Waals surface area contributed by atoms with Gasteiger partial charge in [-0.05, 0) is 36.5 Å². The van der Waals surface area contributed by atoms with E-state index in [0.717, 1.165) is 13.1 Å². The van der Waals surface area contributed by atoms with Crippen molar-refractivity contribution in [1.29, 1.82) is 0 Å². The van der Waals surface area contributed by atoms with E-state index in [9.17, 15) is 0 Å². The van der Waals surface area contributed by atoms with Gasteiger partial charge in [0.05, 0.1) is 6.10 Å². The van der Waals surface area contributed by atoms with E-state index in [1.165, 1.54) is 23.2 Å². The Hall–Kier alpha value is -0.730. The number of methoxy groups -OCH3 is 1. The van der Waals surface area contributed by atoms with E-state index in [-0.39, 0.29) is 0 Å². The van der Waals surface area contributed by atoms with E-state index in [0.29, 0.717) is 17.9 Å². The minimum atomic E-state index is 0.339. The molecule has 1 heterocycles. The lowest BCUT2D eigenvalue weighted by Crippen LogP contribution is -2.44. The zero-order chi connectivity index (χ0) is 13.1. The molecule has 18 heavy (non-hydrogen) atoms. The van der Waals surface area contributed by atoms with Gasteiger partial charge in [0.15, 0.2) is 0 Å². The number of alkyl halides is 1. The second-order valence-electron chi connectivity index (χ2n) is 5.24. The molecule has 0 bridgehead atoms. The molecule has 0 spiro atoms. The van der Waals surface area contributed by atoms with Gasteiger partial charge in [-0.2, -0.15) is 0 Å². The van der Waals surface area contributed by atoms with Crippen LogP contribution in [0.3, 0.4) is 0 Å². The van der Waals surface area contributed by atoms with E-state index in [1.54, 1.807) is 0 Å². The molecule has 0 aromatic heterocycles. The Morgan fingerprint density at radius 2 is 2.22 bits per heavy atom. The predicted molar refractivity (Wildman–Crippen MR) is 77.5 cm³/mol. The van der Waals surface area contributed by atoms with Crippen molar-refractivity contribution >= 4 is 17.3 Å². The summed E-state index contributed by atoms with van der Waals surface area (Å²) in [6.07, 6.45) is 1.53. The first-order chi connectivity index (χ1) is 8.65. The van der Waals surface area contributed by atoms with Crippen LogP contribution in [0.25, 0.3) is 0 Å². The van der Waals surface area contributed by atoms with Gasteiger partial charge in [0, 0.05) is 31.8 Å². The minimum Gasteiger partial charge on any atom is -0.379 e. The number of rotatable bonds is 3. The fraction of sp³-hybridized carbons (Fsp3) is 0.600. The Morgan fingerprint density at radius 3 is 2.83 bits per heavy atom. The third kappa shape index (κ3) is 2.81. The number of benzene rings is 1. The lowest BCUT2D eigenvalue weighted by atomic mass is 9.95. The second kappa shape index (κ2) is 5.94. The Labute approximate surface area is 115 Å². The SMILES string of the molecule is COC1CN(c2ccc(CCl)cc2C)CCC1C. The van der Waals surface area contributed by atoms with Crippen molar-refractivity contribution in [3.05, 3.63) is 29.3 Å². The highest BCUT2D eigenvalue weighted by atomic mass is 35.5. The summed E-state index contributed by atoms with van der Waals surface area (Å²) in [4.78, 5) is 2.43. The van der Waals surface area contributed by atoms with Crippen LogP contribution in [0.1, 0.15) is 24.5 Å². The number of anilines is 1. The molecule has 1 aromatic rings. The molecule has 1 aliphatic heterocycles. The minimum absolute atomic E-state index is 0.339. The molecule has 2 rings (SSSR count). The first-order valence-corrected chi connectivity index (χ1v) is 7.12. The number of hydrogen-bond donors (Lipinski definition) is 0. The number of aryl methyl sites for hydroxylation is 1. The molecule has 0 amide bonds. The van der Waals surface area contributed by atoms with Crippen LogP contribution in [0.2, 0.25) is 0 Å². The van der Waals surface area contributed by atoms with Crippen LogP contribution < -0.4 is 4.90 Å². The van der Waals surface area contributed by atoms with E-state index < -0.39 is 0 Å². The Bertz CT molecular complexity index is 407. The van der Waals surface area contributed by atoms with E-state index in [4.69, 9.17) is 16.3 Å². The van der Waals surface area contributed by atoms with Crippen molar-refractivity contribution in [1.82, 2.24) is 0 Å². The van der Waals surface area contributed by atoms with Gasteiger partial charge < -0.3 is 9.64 Å². The fourth-order valence-corrected chi connectivity index (χ4v) is 2.88. The molecule has 1 saturated heterocycles. The average molecular weight is 268 g/mol. The third-order valence-corrected chi connectivity index (χ3v) is 4.26. The molecule has 2 unspecified atom stereocenters. The maximum absolute atomic E-state index is 5.87. The van der Waals surface area contributed by atoms with Gasteiger partial charge >= 0.3 is 0 Å². The van der Waals surface area contributed by atoms with Crippen LogP contribution in [-0.4, -0.2) is 26.3 Å². The number of ether oxygens (including phenoxy) is 1. The normalized spacial score (nSPS) is 24.3. The monoisotopic (exact) mass is 267 g/mol. The highest BCUT2D eigenvalue weighted by Crippen LogP contribution is 2.28. The molecule has 1 aliphatic rings. The van der Waals surface area contributed by atoms with E-state index >= 15 is 0 Å². The number of halogens is 1. The summed E-state index contributed by atoms with van der Waals surface area (Å²) in [5, 5.41) is 0. The molecule has 0 radical (unpaired) electrons. The van der Waals surface area contributed by atoms with Crippen molar-refractivity contribution in [2.24, 2.45) is 5.92 Å². The molecule has 3 heteroatoms. The van der Waals surface area contributed by atoms with Gasteiger partial charge in [0.25, 0.3) is 0 Å². The van der Waals surface area contributed by atoms with Crippen LogP contribution >= 0.6 is 11.6 Å². The van der Waals surface area contributed by atoms with E-state index in [2.05, 4.69) is 36.9 Å². The first kappa shape index (κ1) is 13.7. The maximum atomic E-state index is 5.87. The molecule has 0 N–H and O–H groups in total. The largest absolute Gasteiger partial charge is 0.379 e. The van der Waals surface area contributed by atoms with Crippen molar-refractivity contribution in [2.75, 3.05) is 25.1 Å². The van der Waals surface area contributed by atoms with E-state index in [1.807, 2.05) is 7.11 Å². The summed E-state index contributed by atoms with van der Waals surface area (Å²) >= 11 is 5.87. The smallest absolute Gasteiger partial charge is 0.0772 e. The summed E-state index contributed by atoms with van der Waals surface area (Å²) < 4.78 is 5.58. The van der Waals surface area contributed by atoms with Gasteiger partial charge in [-0.15, -0.1) is 11.6 Å². The lowest BCUT2D eigenvalue weighted by Gasteiger charge is -2.38. The molecule has 0 aliphatic carbocycles. The fourth-order valence-electron chi connectivity index (χ4n) is 2.71. The summed E-state index contributed by atoms with van der Waals surface area (Å²) in [6, 6.07) is 6.49. The molecule has 2 atom stereocenters. The van der Waals surface area contributed by atoms with Crippen molar-refractivity contribution in [3.63, 3.8) is 0 Å². The Kier molecular flexibility index (Phi) is 4.52.